The van der Waals surface area contributed by atoms with E-state index in [2.05, 4.69) is 11.4 Å². The molecule has 2 aliphatic heterocycles. The predicted molar refractivity (Wildman–Crippen MR) is 81.9 cm³/mol. The van der Waals surface area contributed by atoms with Gasteiger partial charge in [0.25, 0.3) is 0 Å². The third-order valence-electron chi connectivity index (χ3n) is 5.05. The standard InChI is InChI=1S/C17H26N2O2/c1-20-15-7-8-16(21-2)17-13(15)11-18-12-14(17)19-9-5-3-4-6-10-19/h7-8,14,18H,3-6,9-12H2,1-2H3/p+2/t14-/m1/s1. The van der Waals surface area contributed by atoms with Gasteiger partial charge in [-0.3, -0.25) is 0 Å². The summed E-state index contributed by atoms with van der Waals surface area (Å²) in [7, 11) is 3.56. The molecule has 0 saturated carbocycles. The maximum Gasteiger partial charge on any atom is 0.167 e. The minimum Gasteiger partial charge on any atom is -0.496 e. The van der Waals surface area contributed by atoms with Gasteiger partial charge < -0.3 is 19.7 Å². The van der Waals surface area contributed by atoms with Gasteiger partial charge in [0.15, 0.2) is 6.04 Å². The molecule has 0 amide bonds. The van der Waals surface area contributed by atoms with Gasteiger partial charge in [-0.2, -0.15) is 0 Å². The quantitative estimate of drug-likeness (QED) is 0.840. The number of methoxy groups -OCH3 is 2. The van der Waals surface area contributed by atoms with Crippen LogP contribution in [0.3, 0.4) is 0 Å². The summed E-state index contributed by atoms with van der Waals surface area (Å²) in [5.41, 5.74) is 2.74. The van der Waals surface area contributed by atoms with Crippen LogP contribution in [-0.4, -0.2) is 33.9 Å². The van der Waals surface area contributed by atoms with Crippen molar-refractivity contribution in [2.45, 2.75) is 38.3 Å². The lowest BCUT2D eigenvalue weighted by molar-refractivity contribution is -0.947. The number of rotatable bonds is 3. The van der Waals surface area contributed by atoms with Crippen LogP contribution in [0.4, 0.5) is 0 Å². The van der Waals surface area contributed by atoms with Crippen molar-refractivity contribution in [2.24, 2.45) is 0 Å². The van der Waals surface area contributed by atoms with Crippen LogP contribution < -0.4 is 19.7 Å². The molecule has 2 aliphatic rings. The Kier molecular flexibility index (Phi) is 4.66. The van der Waals surface area contributed by atoms with Crippen LogP contribution in [0.15, 0.2) is 12.1 Å². The first-order chi connectivity index (χ1) is 10.3. The van der Waals surface area contributed by atoms with Crippen LogP contribution in [0, 0.1) is 0 Å². The first-order valence-electron chi connectivity index (χ1n) is 8.25. The van der Waals surface area contributed by atoms with Crippen LogP contribution in [0.5, 0.6) is 11.5 Å². The van der Waals surface area contributed by atoms with Gasteiger partial charge >= 0.3 is 0 Å². The Labute approximate surface area is 127 Å². The van der Waals surface area contributed by atoms with E-state index in [1.54, 1.807) is 19.1 Å². The fraction of sp³-hybridized carbons (Fsp3) is 0.647. The summed E-state index contributed by atoms with van der Waals surface area (Å²) in [5.74, 6) is 2.06. The number of nitrogens with two attached hydrogens (primary N) is 1. The molecular weight excluding hydrogens is 264 g/mol. The van der Waals surface area contributed by atoms with Crippen LogP contribution in [0.2, 0.25) is 0 Å². The highest BCUT2D eigenvalue weighted by Gasteiger charge is 2.36. The summed E-state index contributed by atoms with van der Waals surface area (Å²) in [5, 5.41) is 2.42. The van der Waals surface area contributed by atoms with Crippen molar-refractivity contribution in [2.75, 3.05) is 33.9 Å². The lowest BCUT2D eigenvalue weighted by Crippen LogP contribution is -3.15. The number of benzene rings is 1. The summed E-state index contributed by atoms with van der Waals surface area (Å²) in [4.78, 5) is 1.73. The van der Waals surface area contributed by atoms with Crippen LogP contribution >= 0.6 is 0 Å². The summed E-state index contributed by atoms with van der Waals surface area (Å²) in [6, 6.07) is 4.66. The Morgan fingerprint density at radius 1 is 1.00 bits per heavy atom. The molecule has 1 atom stereocenters. The van der Waals surface area contributed by atoms with Crippen molar-refractivity contribution >= 4 is 0 Å². The zero-order chi connectivity index (χ0) is 14.7. The van der Waals surface area contributed by atoms with Crippen molar-refractivity contribution in [1.29, 1.82) is 0 Å². The van der Waals surface area contributed by atoms with E-state index in [0.29, 0.717) is 6.04 Å². The van der Waals surface area contributed by atoms with E-state index < -0.39 is 0 Å². The Balaban J connectivity index is 1.98. The molecule has 3 N–H and O–H groups in total. The van der Waals surface area contributed by atoms with Gasteiger partial charge in [0, 0.05) is 0 Å². The zero-order valence-corrected chi connectivity index (χ0v) is 13.3. The molecule has 0 bridgehead atoms. The number of quaternary nitrogens is 2. The average molecular weight is 292 g/mol. The van der Waals surface area contributed by atoms with Gasteiger partial charge in [-0.05, 0) is 37.8 Å². The summed E-state index contributed by atoms with van der Waals surface area (Å²) < 4.78 is 11.3. The maximum atomic E-state index is 5.68. The lowest BCUT2D eigenvalue weighted by Gasteiger charge is -2.32. The van der Waals surface area contributed by atoms with Gasteiger partial charge in [0.05, 0.1) is 38.4 Å². The van der Waals surface area contributed by atoms with Crippen LogP contribution in [-0.2, 0) is 6.54 Å². The van der Waals surface area contributed by atoms with E-state index in [9.17, 15) is 0 Å². The Bertz CT molecular complexity index is 482. The minimum absolute atomic E-state index is 0.539. The number of hydrogen-bond donors (Lipinski definition) is 2. The molecule has 0 aliphatic carbocycles. The summed E-state index contributed by atoms with van der Waals surface area (Å²) >= 11 is 0. The van der Waals surface area contributed by atoms with Gasteiger partial charge in [-0.15, -0.1) is 0 Å². The number of hydrogen-bond acceptors (Lipinski definition) is 2. The van der Waals surface area contributed by atoms with Crippen molar-refractivity contribution in [1.82, 2.24) is 0 Å². The fourth-order valence-corrected chi connectivity index (χ4v) is 4.00. The SMILES string of the molecule is COc1ccc(OC)c2c1C[NH2+]C[C@H]2[NH+]1CCCCCC1. The van der Waals surface area contributed by atoms with E-state index in [0.717, 1.165) is 24.6 Å². The number of likely N-dealkylation sites (tertiary alicyclic amines) is 1. The number of nitrogens with one attached hydrogen (secondary N) is 1. The smallest absolute Gasteiger partial charge is 0.167 e. The molecular formula is C17H28N2O2+2. The van der Waals surface area contributed by atoms with Crippen LogP contribution in [0.1, 0.15) is 42.9 Å². The third kappa shape index (κ3) is 2.87. The second kappa shape index (κ2) is 6.67. The third-order valence-corrected chi connectivity index (χ3v) is 5.05. The second-order valence-electron chi connectivity index (χ2n) is 6.22. The Morgan fingerprint density at radius 2 is 1.67 bits per heavy atom. The average Bonchev–Trinajstić information content (AvgIpc) is 2.82. The molecule has 0 spiro atoms. The molecule has 0 aromatic heterocycles. The zero-order valence-electron chi connectivity index (χ0n) is 13.3. The van der Waals surface area contributed by atoms with Gasteiger partial charge in [0.2, 0.25) is 0 Å². The molecule has 1 aromatic rings. The molecule has 3 rings (SSSR count). The molecule has 0 unspecified atom stereocenters. The summed E-state index contributed by atoms with van der Waals surface area (Å²) in [6.45, 7) is 4.74. The molecule has 1 aromatic carbocycles. The molecule has 116 valence electrons. The van der Waals surface area contributed by atoms with Crippen molar-refractivity contribution < 1.29 is 19.7 Å². The van der Waals surface area contributed by atoms with E-state index in [-0.39, 0.29) is 0 Å². The molecule has 1 fully saturated rings. The predicted octanol–water partition coefficient (Wildman–Crippen LogP) is 0.281. The van der Waals surface area contributed by atoms with E-state index in [4.69, 9.17) is 9.47 Å². The van der Waals surface area contributed by atoms with E-state index in [1.807, 2.05) is 6.07 Å². The van der Waals surface area contributed by atoms with Gasteiger partial charge in [-0.25, -0.2) is 0 Å². The van der Waals surface area contributed by atoms with Crippen molar-refractivity contribution in [3.63, 3.8) is 0 Å². The Morgan fingerprint density at radius 3 is 2.33 bits per heavy atom. The van der Waals surface area contributed by atoms with Crippen molar-refractivity contribution in [3.05, 3.63) is 23.3 Å². The molecule has 1 saturated heterocycles. The van der Waals surface area contributed by atoms with Gasteiger partial charge in [0.1, 0.15) is 24.6 Å². The molecule has 0 radical (unpaired) electrons. The van der Waals surface area contributed by atoms with E-state index in [1.165, 1.54) is 49.9 Å². The highest BCUT2D eigenvalue weighted by atomic mass is 16.5. The molecule has 21 heavy (non-hydrogen) atoms. The van der Waals surface area contributed by atoms with Gasteiger partial charge in [-0.1, -0.05) is 0 Å². The normalized spacial score (nSPS) is 23.2. The minimum atomic E-state index is 0.539. The summed E-state index contributed by atoms with van der Waals surface area (Å²) in [6.07, 6.45) is 5.49. The first kappa shape index (κ1) is 14.7. The molecule has 4 nitrogen and oxygen atoms in total. The molecule has 2 heterocycles. The number of ether oxygens (including phenoxy) is 2. The maximum absolute atomic E-state index is 5.68. The topological polar surface area (TPSA) is 39.5 Å². The number of fused-ring (bicyclic) bond motifs is 1. The fourth-order valence-electron chi connectivity index (χ4n) is 4.00. The monoisotopic (exact) mass is 292 g/mol. The van der Waals surface area contributed by atoms with E-state index >= 15 is 0 Å². The largest absolute Gasteiger partial charge is 0.496 e. The highest BCUT2D eigenvalue weighted by molar-refractivity contribution is 5.50. The highest BCUT2D eigenvalue weighted by Crippen LogP contribution is 2.34. The second-order valence-corrected chi connectivity index (χ2v) is 6.22. The lowest BCUT2D eigenvalue weighted by atomic mass is 9.93. The van der Waals surface area contributed by atoms with Crippen molar-refractivity contribution in [3.8, 4) is 11.5 Å². The van der Waals surface area contributed by atoms with Crippen LogP contribution in [0.25, 0.3) is 0 Å². The first-order valence-corrected chi connectivity index (χ1v) is 8.25. The molecule has 4 heteroatoms. The Hall–Kier alpha value is -1.26.